The van der Waals surface area contributed by atoms with Gasteiger partial charge in [-0.25, -0.2) is 0 Å². The third-order valence-electron chi connectivity index (χ3n) is 4.57. The summed E-state index contributed by atoms with van der Waals surface area (Å²) < 4.78 is 78.4. The van der Waals surface area contributed by atoms with E-state index >= 15 is 0 Å². The Morgan fingerprint density at radius 1 is 0.875 bits per heavy atom. The Morgan fingerprint density at radius 2 is 1.38 bits per heavy atom. The highest BCUT2D eigenvalue weighted by Crippen LogP contribution is 2.47. The molecule has 1 saturated heterocycles. The van der Waals surface area contributed by atoms with Gasteiger partial charge >= 0.3 is 12.4 Å². The van der Waals surface area contributed by atoms with Crippen molar-refractivity contribution < 1.29 is 26.3 Å². The molecule has 0 bridgehead atoms. The van der Waals surface area contributed by atoms with Crippen molar-refractivity contribution in [1.29, 1.82) is 0 Å². The Balaban J connectivity index is 2.03. The van der Waals surface area contributed by atoms with Gasteiger partial charge in [0.15, 0.2) is 0 Å². The molecule has 0 spiro atoms. The maximum absolute atomic E-state index is 13.1. The zero-order valence-electron chi connectivity index (χ0n) is 12.8. The fourth-order valence-electron chi connectivity index (χ4n) is 3.30. The van der Waals surface area contributed by atoms with Crippen LogP contribution in [-0.4, -0.2) is 31.1 Å². The normalized spacial score (nSPS) is 21.8. The van der Waals surface area contributed by atoms with Crippen LogP contribution in [-0.2, 0) is 12.4 Å². The molecule has 1 heterocycles. The van der Waals surface area contributed by atoms with Gasteiger partial charge in [-0.05, 0) is 42.5 Å². The van der Waals surface area contributed by atoms with Gasteiger partial charge in [0.05, 0.1) is 11.1 Å². The fourth-order valence-corrected chi connectivity index (χ4v) is 3.30. The Kier molecular flexibility index (Phi) is 4.55. The van der Waals surface area contributed by atoms with E-state index in [1.807, 2.05) is 4.90 Å². The Bertz CT molecular complexity index is 553. The monoisotopic (exact) mass is 352 g/mol. The first-order valence-corrected chi connectivity index (χ1v) is 7.90. The number of hydrogen-bond donors (Lipinski definition) is 1. The molecule has 3 rings (SSSR count). The lowest BCUT2D eigenvalue weighted by molar-refractivity contribution is -0.143. The standard InChI is InChI=1S/C16H18F6N2/c17-15(18,19)12-7-11(8-13(9-12)16(20,21)22)14(10-1-2-10)24-5-3-23-4-6-24/h7-10,14,23H,1-6H2/t14-/m1/s1. The van der Waals surface area contributed by atoms with Crippen molar-refractivity contribution in [2.45, 2.75) is 31.2 Å². The van der Waals surface area contributed by atoms with Crippen molar-refractivity contribution in [2.24, 2.45) is 5.92 Å². The molecule has 1 aromatic carbocycles. The third kappa shape index (κ3) is 3.85. The zero-order valence-corrected chi connectivity index (χ0v) is 12.8. The topological polar surface area (TPSA) is 15.3 Å². The number of benzene rings is 1. The van der Waals surface area contributed by atoms with Crippen molar-refractivity contribution >= 4 is 0 Å². The summed E-state index contributed by atoms with van der Waals surface area (Å²) in [6.45, 7) is 2.63. The summed E-state index contributed by atoms with van der Waals surface area (Å²) in [7, 11) is 0. The minimum Gasteiger partial charge on any atom is -0.314 e. The van der Waals surface area contributed by atoms with Crippen LogP contribution in [0, 0.1) is 5.92 Å². The van der Waals surface area contributed by atoms with Gasteiger partial charge in [-0.3, -0.25) is 4.90 Å². The Labute approximate surface area is 135 Å². The second kappa shape index (κ2) is 6.22. The summed E-state index contributed by atoms with van der Waals surface area (Å²) >= 11 is 0. The second-order valence-corrected chi connectivity index (χ2v) is 6.41. The van der Waals surface area contributed by atoms with Crippen LogP contribution in [0.25, 0.3) is 0 Å². The van der Waals surface area contributed by atoms with Gasteiger partial charge in [-0.2, -0.15) is 26.3 Å². The summed E-state index contributed by atoms with van der Waals surface area (Å²) in [5, 5.41) is 3.15. The number of halogens is 6. The van der Waals surface area contributed by atoms with E-state index in [-0.39, 0.29) is 23.6 Å². The maximum Gasteiger partial charge on any atom is 0.416 e. The van der Waals surface area contributed by atoms with Gasteiger partial charge in [-0.15, -0.1) is 0 Å². The van der Waals surface area contributed by atoms with Gasteiger partial charge in [0.1, 0.15) is 0 Å². The molecule has 2 aliphatic rings. The van der Waals surface area contributed by atoms with Crippen molar-refractivity contribution in [3.63, 3.8) is 0 Å². The lowest BCUT2D eigenvalue weighted by Crippen LogP contribution is -2.45. The first kappa shape index (κ1) is 17.5. The lowest BCUT2D eigenvalue weighted by Gasteiger charge is -2.36. The SMILES string of the molecule is FC(F)(F)c1cc([C@@H](C2CC2)N2CCNCC2)cc(C(F)(F)F)c1. The predicted octanol–water partition coefficient (Wildman–Crippen LogP) is 4.08. The van der Waals surface area contributed by atoms with Gasteiger partial charge in [0.25, 0.3) is 0 Å². The zero-order chi connectivity index (χ0) is 17.5. The molecule has 1 aromatic rings. The molecule has 0 unspecified atom stereocenters. The van der Waals surface area contributed by atoms with E-state index in [1.165, 1.54) is 0 Å². The molecule has 0 aromatic heterocycles. The predicted molar refractivity (Wildman–Crippen MR) is 76.4 cm³/mol. The van der Waals surface area contributed by atoms with Crippen LogP contribution < -0.4 is 5.32 Å². The quantitative estimate of drug-likeness (QED) is 0.825. The van der Waals surface area contributed by atoms with E-state index in [0.717, 1.165) is 25.0 Å². The molecule has 0 radical (unpaired) electrons. The van der Waals surface area contributed by atoms with Crippen LogP contribution in [0.3, 0.4) is 0 Å². The smallest absolute Gasteiger partial charge is 0.314 e. The molecule has 1 aliphatic carbocycles. The van der Waals surface area contributed by atoms with E-state index in [9.17, 15) is 26.3 Å². The molecule has 1 saturated carbocycles. The molecule has 8 heteroatoms. The fraction of sp³-hybridized carbons (Fsp3) is 0.625. The third-order valence-corrected chi connectivity index (χ3v) is 4.57. The number of nitrogens with one attached hydrogen (secondary N) is 1. The van der Waals surface area contributed by atoms with Crippen LogP contribution in [0.15, 0.2) is 18.2 Å². The van der Waals surface area contributed by atoms with E-state index in [4.69, 9.17) is 0 Å². The molecule has 1 N–H and O–H groups in total. The number of piperazine rings is 1. The van der Waals surface area contributed by atoms with Crippen LogP contribution >= 0.6 is 0 Å². The van der Waals surface area contributed by atoms with Crippen molar-refractivity contribution in [2.75, 3.05) is 26.2 Å². The maximum atomic E-state index is 13.1. The van der Waals surface area contributed by atoms with E-state index in [0.29, 0.717) is 26.2 Å². The van der Waals surface area contributed by atoms with Crippen LogP contribution in [0.2, 0.25) is 0 Å². The lowest BCUT2D eigenvalue weighted by atomic mass is 9.95. The molecule has 2 fully saturated rings. The van der Waals surface area contributed by atoms with Gasteiger partial charge < -0.3 is 5.32 Å². The van der Waals surface area contributed by atoms with Crippen LogP contribution in [0.4, 0.5) is 26.3 Å². The molecular formula is C16H18F6N2. The first-order chi connectivity index (χ1) is 11.2. The summed E-state index contributed by atoms with van der Waals surface area (Å²) in [6, 6.07) is 1.60. The Morgan fingerprint density at radius 3 is 1.79 bits per heavy atom. The van der Waals surface area contributed by atoms with E-state index < -0.39 is 23.5 Å². The van der Waals surface area contributed by atoms with Crippen LogP contribution in [0.1, 0.15) is 35.6 Å². The van der Waals surface area contributed by atoms with Crippen molar-refractivity contribution in [1.82, 2.24) is 10.2 Å². The van der Waals surface area contributed by atoms with E-state index in [1.54, 1.807) is 0 Å². The van der Waals surface area contributed by atoms with Crippen molar-refractivity contribution in [3.05, 3.63) is 34.9 Å². The first-order valence-electron chi connectivity index (χ1n) is 7.90. The molecule has 1 aliphatic heterocycles. The highest BCUT2D eigenvalue weighted by Gasteiger charge is 2.41. The van der Waals surface area contributed by atoms with Gasteiger partial charge in [-0.1, -0.05) is 0 Å². The minimum atomic E-state index is -4.80. The molecular weight excluding hydrogens is 334 g/mol. The average Bonchev–Trinajstić information content (AvgIpc) is 3.31. The van der Waals surface area contributed by atoms with Gasteiger partial charge in [0, 0.05) is 32.2 Å². The summed E-state index contributed by atoms with van der Waals surface area (Å²) in [6.07, 6.45) is -7.92. The molecule has 24 heavy (non-hydrogen) atoms. The molecule has 2 nitrogen and oxygen atoms in total. The van der Waals surface area contributed by atoms with Gasteiger partial charge in [0.2, 0.25) is 0 Å². The van der Waals surface area contributed by atoms with E-state index in [2.05, 4.69) is 5.32 Å². The number of rotatable bonds is 3. The number of nitrogens with zero attached hydrogens (tertiary/aromatic N) is 1. The highest BCUT2D eigenvalue weighted by atomic mass is 19.4. The summed E-state index contributed by atoms with van der Waals surface area (Å²) in [5.74, 6) is 0.132. The Hall–Kier alpha value is -1.28. The molecule has 134 valence electrons. The number of alkyl halides is 6. The summed E-state index contributed by atoms with van der Waals surface area (Å²) in [4.78, 5) is 2.00. The summed E-state index contributed by atoms with van der Waals surface area (Å²) in [5.41, 5.74) is -2.33. The average molecular weight is 352 g/mol. The van der Waals surface area contributed by atoms with Crippen molar-refractivity contribution in [3.8, 4) is 0 Å². The molecule has 0 amide bonds. The number of hydrogen-bond acceptors (Lipinski definition) is 2. The van der Waals surface area contributed by atoms with Crippen LogP contribution in [0.5, 0.6) is 0 Å². The highest BCUT2D eigenvalue weighted by molar-refractivity contribution is 5.36. The minimum absolute atomic E-state index is 0.126. The largest absolute Gasteiger partial charge is 0.416 e. The second-order valence-electron chi connectivity index (χ2n) is 6.41. The molecule has 1 atom stereocenters.